The van der Waals surface area contributed by atoms with Gasteiger partial charge < -0.3 is 4.42 Å². The number of rotatable bonds is 5. The molecule has 1 heterocycles. The van der Waals surface area contributed by atoms with Crippen molar-refractivity contribution in [1.82, 2.24) is 4.31 Å². The van der Waals surface area contributed by atoms with Crippen molar-refractivity contribution in [2.45, 2.75) is 6.54 Å². The monoisotopic (exact) mass is 304 g/mol. The van der Waals surface area contributed by atoms with E-state index in [1.807, 2.05) is 0 Å². The fourth-order valence-corrected chi connectivity index (χ4v) is 2.86. The largest absolute Gasteiger partial charge is 0.467 e. The zero-order valence-corrected chi connectivity index (χ0v) is 12.7. The average Bonchev–Trinajstić information content (AvgIpc) is 2.97. The molecule has 0 aliphatic rings. The zero-order chi connectivity index (χ0) is 15.5. The lowest BCUT2D eigenvalue weighted by Gasteiger charge is -2.26. The minimum absolute atomic E-state index is 0.0987. The SMILES string of the molecule is C#Cc1cccc(N(Cc2ccco2)S(=O)(=O)N(C)C)c1. The molecular formula is C15H16N2O3S. The van der Waals surface area contributed by atoms with Gasteiger partial charge in [-0.05, 0) is 30.3 Å². The van der Waals surface area contributed by atoms with Crippen molar-refractivity contribution in [3.05, 3.63) is 54.0 Å². The van der Waals surface area contributed by atoms with Crippen molar-refractivity contribution in [2.75, 3.05) is 18.4 Å². The Hall–Kier alpha value is -2.23. The van der Waals surface area contributed by atoms with Crippen molar-refractivity contribution < 1.29 is 12.8 Å². The highest BCUT2D eigenvalue weighted by atomic mass is 32.2. The van der Waals surface area contributed by atoms with E-state index in [4.69, 9.17) is 10.8 Å². The maximum atomic E-state index is 12.5. The molecule has 0 amide bonds. The first kappa shape index (κ1) is 15.2. The third-order valence-corrected chi connectivity index (χ3v) is 4.74. The van der Waals surface area contributed by atoms with Crippen molar-refractivity contribution >= 4 is 15.9 Å². The molecule has 0 aliphatic heterocycles. The summed E-state index contributed by atoms with van der Waals surface area (Å²) in [6, 6.07) is 10.3. The van der Waals surface area contributed by atoms with Crippen LogP contribution in [0.4, 0.5) is 5.69 Å². The van der Waals surface area contributed by atoms with Gasteiger partial charge in [-0.15, -0.1) is 6.42 Å². The van der Waals surface area contributed by atoms with Crippen molar-refractivity contribution in [2.24, 2.45) is 0 Å². The van der Waals surface area contributed by atoms with Gasteiger partial charge in [0.05, 0.1) is 18.5 Å². The van der Waals surface area contributed by atoms with Crippen LogP contribution in [0.5, 0.6) is 0 Å². The molecule has 0 fully saturated rings. The molecule has 0 unspecified atom stereocenters. The van der Waals surface area contributed by atoms with Gasteiger partial charge in [0, 0.05) is 19.7 Å². The van der Waals surface area contributed by atoms with E-state index in [1.54, 1.807) is 36.4 Å². The molecule has 0 bridgehead atoms. The molecule has 6 heteroatoms. The third-order valence-electron chi connectivity index (χ3n) is 2.92. The quantitative estimate of drug-likeness (QED) is 0.795. The van der Waals surface area contributed by atoms with Gasteiger partial charge in [0.2, 0.25) is 0 Å². The van der Waals surface area contributed by atoms with Crippen LogP contribution in [0, 0.1) is 12.3 Å². The van der Waals surface area contributed by atoms with Crippen LogP contribution >= 0.6 is 0 Å². The van der Waals surface area contributed by atoms with Crippen molar-refractivity contribution in [3.63, 3.8) is 0 Å². The second-order valence-corrected chi connectivity index (χ2v) is 6.64. The summed E-state index contributed by atoms with van der Waals surface area (Å²) in [6.07, 6.45) is 6.88. The molecule has 2 rings (SSSR count). The molecule has 0 saturated heterocycles. The zero-order valence-electron chi connectivity index (χ0n) is 11.9. The van der Waals surface area contributed by atoms with E-state index in [0.717, 1.165) is 4.31 Å². The lowest BCUT2D eigenvalue weighted by atomic mass is 10.2. The fraction of sp³-hybridized carbons (Fsp3) is 0.200. The number of hydrogen-bond acceptors (Lipinski definition) is 3. The van der Waals surface area contributed by atoms with Gasteiger partial charge in [-0.1, -0.05) is 12.0 Å². The average molecular weight is 304 g/mol. The van der Waals surface area contributed by atoms with Crippen LogP contribution in [0.15, 0.2) is 47.1 Å². The first-order valence-corrected chi connectivity index (χ1v) is 7.64. The van der Waals surface area contributed by atoms with Crippen LogP contribution < -0.4 is 4.31 Å². The highest BCUT2D eigenvalue weighted by molar-refractivity contribution is 7.90. The molecule has 5 nitrogen and oxygen atoms in total. The molecule has 0 radical (unpaired) electrons. The predicted octanol–water partition coefficient (Wildman–Crippen LogP) is 2.07. The standard InChI is InChI=1S/C15H16N2O3S/c1-4-13-7-5-8-14(11-13)17(21(18,19)16(2)3)12-15-9-6-10-20-15/h1,5-11H,12H2,2-3H3. The molecule has 0 spiro atoms. The Labute approximate surface area is 125 Å². The van der Waals surface area contributed by atoms with E-state index >= 15 is 0 Å². The highest BCUT2D eigenvalue weighted by Gasteiger charge is 2.26. The Morgan fingerprint density at radius 2 is 2.00 bits per heavy atom. The molecule has 2 aromatic rings. The Balaban J connectivity index is 2.47. The number of hydrogen-bond donors (Lipinski definition) is 0. The molecule has 1 aromatic heterocycles. The number of anilines is 1. The van der Waals surface area contributed by atoms with Gasteiger partial charge in [0.1, 0.15) is 5.76 Å². The maximum Gasteiger partial charge on any atom is 0.303 e. The van der Waals surface area contributed by atoms with Gasteiger partial charge in [0.15, 0.2) is 0 Å². The first-order chi connectivity index (χ1) is 9.95. The summed E-state index contributed by atoms with van der Waals surface area (Å²) in [5, 5.41) is 0. The molecule has 0 saturated carbocycles. The minimum atomic E-state index is -3.66. The molecule has 1 aromatic carbocycles. The van der Waals surface area contributed by atoms with E-state index in [2.05, 4.69) is 5.92 Å². The topological polar surface area (TPSA) is 53.8 Å². The van der Waals surface area contributed by atoms with E-state index in [0.29, 0.717) is 17.0 Å². The Morgan fingerprint density at radius 1 is 1.24 bits per heavy atom. The van der Waals surface area contributed by atoms with Gasteiger partial charge in [-0.2, -0.15) is 12.7 Å². The molecule has 21 heavy (non-hydrogen) atoms. The smallest absolute Gasteiger partial charge is 0.303 e. The number of benzene rings is 1. The Kier molecular flexibility index (Phi) is 4.36. The second-order valence-electron chi connectivity index (χ2n) is 4.57. The molecular weight excluding hydrogens is 288 g/mol. The summed E-state index contributed by atoms with van der Waals surface area (Å²) in [5.74, 6) is 3.05. The van der Waals surface area contributed by atoms with Crippen LogP contribution in [0.2, 0.25) is 0 Å². The minimum Gasteiger partial charge on any atom is -0.467 e. The fourth-order valence-electron chi connectivity index (χ4n) is 1.80. The van der Waals surface area contributed by atoms with Gasteiger partial charge in [0.25, 0.3) is 0 Å². The summed E-state index contributed by atoms with van der Waals surface area (Å²) < 4.78 is 32.7. The van der Waals surface area contributed by atoms with Crippen LogP contribution in [0.3, 0.4) is 0 Å². The lowest BCUT2D eigenvalue weighted by molar-refractivity contribution is 0.492. The summed E-state index contributed by atoms with van der Waals surface area (Å²) in [7, 11) is -0.692. The van der Waals surface area contributed by atoms with E-state index < -0.39 is 10.2 Å². The van der Waals surface area contributed by atoms with Gasteiger partial charge in [-0.25, -0.2) is 0 Å². The summed E-state index contributed by atoms with van der Waals surface area (Å²) in [6.45, 7) is 0.0987. The number of furan rings is 1. The van der Waals surface area contributed by atoms with E-state index in [-0.39, 0.29) is 6.54 Å². The van der Waals surface area contributed by atoms with Crippen LogP contribution in [-0.2, 0) is 16.8 Å². The lowest BCUT2D eigenvalue weighted by Crippen LogP contribution is -2.39. The van der Waals surface area contributed by atoms with E-state index in [1.165, 1.54) is 24.7 Å². The van der Waals surface area contributed by atoms with Crippen LogP contribution in [-0.4, -0.2) is 26.8 Å². The predicted molar refractivity (Wildman–Crippen MR) is 81.9 cm³/mol. The van der Waals surface area contributed by atoms with Gasteiger partial charge >= 0.3 is 10.2 Å². The number of nitrogens with zero attached hydrogens (tertiary/aromatic N) is 2. The van der Waals surface area contributed by atoms with Crippen LogP contribution in [0.1, 0.15) is 11.3 Å². The van der Waals surface area contributed by atoms with Crippen molar-refractivity contribution in [3.8, 4) is 12.3 Å². The summed E-state index contributed by atoms with van der Waals surface area (Å²) in [5.41, 5.74) is 1.11. The molecule has 0 atom stereocenters. The summed E-state index contributed by atoms with van der Waals surface area (Å²) >= 11 is 0. The molecule has 0 aliphatic carbocycles. The third kappa shape index (κ3) is 3.27. The second kappa shape index (κ2) is 6.04. The van der Waals surface area contributed by atoms with Crippen molar-refractivity contribution in [1.29, 1.82) is 0 Å². The number of terminal acetylenes is 1. The summed E-state index contributed by atoms with van der Waals surface area (Å²) in [4.78, 5) is 0. The Morgan fingerprint density at radius 3 is 2.57 bits per heavy atom. The van der Waals surface area contributed by atoms with Crippen LogP contribution in [0.25, 0.3) is 0 Å². The highest BCUT2D eigenvalue weighted by Crippen LogP contribution is 2.23. The maximum absolute atomic E-state index is 12.5. The molecule has 110 valence electrons. The van der Waals surface area contributed by atoms with E-state index in [9.17, 15) is 8.42 Å². The van der Waals surface area contributed by atoms with Gasteiger partial charge in [-0.3, -0.25) is 4.31 Å². The molecule has 0 N–H and O–H groups in total. The first-order valence-electron chi connectivity index (χ1n) is 6.24. The Bertz CT molecular complexity index is 743. The normalized spacial score (nSPS) is 11.3.